The number of carbonyl (C=O) groups excluding carboxylic acids is 1. The highest BCUT2D eigenvalue weighted by molar-refractivity contribution is 14.1. The molecule has 0 atom stereocenters. The van der Waals surface area contributed by atoms with Crippen LogP contribution >= 0.6 is 22.6 Å². The number of methoxy groups -OCH3 is 2. The van der Waals surface area contributed by atoms with Crippen molar-refractivity contribution in [2.75, 3.05) is 14.2 Å². The SMILES string of the molecule is COc1cc(OC)c2c(c1I)OC(=Cc1ccncc1)C2=O. The Balaban J connectivity index is 2.11. The molecule has 0 saturated carbocycles. The third kappa shape index (κ3) is 2.43. The maximum Gasteiger partial charge on any atom is 0.235 e. The van der Waals surface area contributed by atoms with Crippen LogP contribution in [0, 0.1) is 3.57 Å². The van der Waals surface area contributed by atoms with E-state index < -0.39 is 0 Å². The first-order valence-electron chi connectivity index (χ1n) is 6.44. The van der Waals surface area contributed by atoms with Crippen LogP contribution in [0.3, 0.4) is 0 Å². The van der Waals surface area contributed by atoms with Crippen molar-refractivity contribution >= 4 is 34.5 Å². The van der Waals surface area contributed by atoms with Crippen LogP contribution in [-0.2, 0) is 0 Å². The number of rotatable bonds is 3. The summed E-state index contributed by atoms with van der Waals surface area (Å²) in [5.41, 5.74) is 1.26. The summed E-state index contributed by atoms with van der Waals surface area (Å²) in [5.74, 6) is 1.57. The highest BCUT2D eigenvalue weighted by Gasteiger charge is 2.34. The zero-order valence-corrected chi connectivity index (χ0v) is 14.1. The normalized spacial score (nSPS) is 14.7. The quantitative estimate of drug-likeness (QED) is 0.575. The summed E-state index contributed by atoms with van der Waals surface area (Å²) in [6.07, 6.45) is 5.00. The summed E-state index contributed by atoms with van der Waals surface area (Å²) >= 11 is 2.10. The van der Waals surface area contributed by atoms with Crippen molar-refractivity contribution in [3.63, 3.8) is 0 Å². The van der Waals surface area contributed by atoms with E-state index >= 15 is 0 Å². The number of ether oxygens (including phenoxy) is 3. The van der Waals surface area contributed by atoms with Crippen LogP contribution in [-0.4, -0.2) is 25.0 Å². The van der Waals surface area contributed by atoms with Gasteiger partial charge in [-0.15, -0.1) is 0 Å². The largest absolute Gasteiger partial charge is 0.496 e. The average Bonchev–Trinajstić information content (AvgIpc) is 2.87. The maximum atomic E-state index is 12.6. The number of aromatic nitrogens is 1. The van der Waals surface area contributed by atoms with Gasteiger partial charge in [-0.3, -0.25) is 9.78 Å². The summed E-state index contributed by atoms with van der Waals surface area (Å²) in [5, 5.41) is 0. The van der Waals surface area contributed by atoms with Gasteiger partial charge in [0.05, 0.1) is 17.8 Å². The number of pyridine rings is 1. The van der Waals surface area contributed by atoms with E-state index in [0.717, 1.165) is 9.13 Å². The molecule has 1 aliphatic rings. The fraction of sp³-hybridized carbons (Fsp3) is 0.125. The minimum atomic E-state index is -0.204. The number of carbonyl (C=O) groups is 1. The fourth-order valence-corrected chi connectivity index (χ4v) is 2.95. The number of halogens is 1. The summed E-state index contributed by atoms with van der Waals surface area (Å²) < 4.78 is 17.1. The van der Waals surface area contributed by atoms with Crippen molar-refractivity contribution in [3.05, 3.63) is 51.0 Å². The van der Waals surface area contributed by atoms with E-state index in [-0.39, 0.29) is 11.5 Å². The second-order valence-electron chi connectivity index (χ2n) is 4.52. The van der Waals surface area contributed by atoms with Crippen molar-refractivity contribution in [2.24, 2.45) is 0 Å². The van der Waals surface area contributed by atoms with Crippen LogP contribution < -0.4 is 14.2 Å². The van der Waals surface area contributed by atoms with Crippen LogP contribution in [0.5, 0.6) is 17.2 Å². The maximum absolute atomic E-state index is 12.6. The summed E-state index contributed by atoms with van der Waals surface area (Å²) in [4.78, 5) is 16.5. The van der Waals surface area contributed by atoms with E-state index in [0.29, 0.717) is 22.8 Å². The third-order valence-electron chi connectivity index (χ3n) is 3.26. The Hall–Kier alpha value is -2.09. The lowest BCUT2D eigenvalue weighted by Crippen LogP contribution is -2.00. The molecule has 2 aromatic rings. The number of benzene rings is 1. The van der Waals surface area contributed by atoms with E-state index in [1.54, 1.807) is 43.8 Å². The van der Waals surface area contributed by atoms with Gasteiger partial charge in [0.25, 0.3) is 0 Å². The van der Waals surface area contributed by atoms with E-state index in [2.05, 4.69) is 27.6 Å². The number of hydrogen-bond donors (Lipinski definition) is 0. The van der Waals surface area contributed by atoms with Crippen molar-refractivity contribution < 1.29 is 19.0 Å². The number of hydrogen-bond acceptors (Lipinski definition) is 5. The van der Waals surface area contributed by atoms with Gasteiger partial charge in [0.1, 0.15) is 17.1 Å². The first kappa shape index (κ1) is 14.8. The number of Topliss-reactive ketones (excluding diaryl/α,β-unsaturated/α-hetero) is 1. The molecule has 1 aromatic heterocycles. The van der Waals surface area contributed by atoms with Crippen LogP contribution in [0.4, 0.5) is 0 Å². The zero-order valence-electron chi connectivity index (χ0n) is 11.9. The van der Waals surface area contributed by atoms with Crippen LogP contribution in [0.2, 0.25) is 0 Å². The summed E-state index contributed by atoms with van der Waals surface area (Å²) in [6, 6.07) is 5.29. The Morgan fingerprint density at radius 3 is 2.50 bits per heavy atom. The highest BCUT2D eigenvalue weighted by atomic mass is 127. The lowest BCUT2D eigenvalue weighted by atomic mass is 10.1. The predicted molar refractivity (Wildman–Crippen MR) is 89.4 cm³/mol. The second kappa shape index (κ2) is 5.96. The Morgan fingerprint density at radius 1 is 1.18 bits per heavy atom. The Bertz CT molecular complexity index is 771. The van der Waals surface area contributed by atoms with Crippen LogP contribution in [0.15, 0.2) is 36.4 Å². The monoisotopic (exact) mass is 409 g/mol. The zero-order chi connectivity index (χ0) is 15.7. The van der Waals surface area contributed by atoms with Gasteiger partial charge in [-0.2, -0.15) is 0 Å². The minimum Gasteiger partial charge on any atom is -0.496 e. The van der Waals surface area contributed by atoms with Gasteiger partial charge in [0, 0.05) is 18.5 Å². The molecule has 6 heteroatoms. The first-order chi connectivity index (χ1) is 10.7. The van der Waals surface area contributed by atoms with Crippen LogP contribution in [0.25, 0.3) is 6.08 Å². The molecule has 0 radical (unpaired) electrons. The highest BCUT2D eigenvalue weighted by Crippen LogP contribution is 2.45. The molecule has 3 rings (SSSR count). The van der Waals surface area contributed by atoms with Gasteiger partial charge in [-0.1, -0.05) is 0 Å². The molecular weight excluding hydrogens is 397 g/mol. The smallest absolute Gasteiger partial charge is 0.235 e. The third-order valence-corrected chi connectivity index (χ3v) is 4.28. The van der Waals surface area contributed by atoms with Crippen LogP contribution in [0.1, 0.15) is 15.9 Å². The molecule has 0 bridgehead atoms. The van der Waals surface area contributed by atoms with E-state index in [1.165, 1.54) is 7.11 Å². The molecular formula is C16H12INO4. The van der Waals surface area contributed by atoms with Gasteiger partial charge in [0.15, 0.2) is 11.5 Å². The van der Waals surface area contributed by atoms with Gasteiger partial charge in [-0.25, -0.2) is 0 Å². The van der Waals surface area contributed by atoms with E-state index in [1.807, 2.05) is 0 Å². The van der Waals surface area contributed by atoms with Crippen molar-refractivity contribution in [1.29, 1.82) is 0 Å². The van der Waals surface area contributed by atoms with Crippen molar-refractivity contribution in [1.82, 2.24) is 4.98 Å². The Kier molecular flexibility index (Phi) is 4.02. The van der Waals surface area contributed by atoms with Gasteiger partial charge in [0.2, 0.25) is 5.78 Å². The Labute approximate surface area is 141 Å². The number of fused-ring (bicyclic) bond motifs is 1. The lowest BCUT2D eigenvalue weighted by Gasteiger charge is -2.10. The topological polar surface area (TPSA) is 57.6 Å². The lowest BCUT2D eigenvalue weighted by molar-refractivity contribution is 0.101. The standard InChI is InChI=1S/C16H12INO4/c1-20-10-8-11(21-2)14(17)16-13(10)15(19)12(22-16)7-9-3-5-18-6-4-9/h3-8H,1-2H3. The van der Waals surface area contributed by atoms with Gasteiger partial charge < -0.3 is 14.2 Å². The minimum absolute atomic E-state index is 0.204. The average molecular weight is 409 g/mol. The van der Waals surface area contributed by atoms with Gasteiger partial charge >= 0.3 is 0 Å². The van der Waals surface area contributed by atoms with E-state index in [9.17, 15) is 4.79 Å². The molecule has 2 heterocycles. The molecule has 22 heavy (non-hydrogen) atoms. The molecule has 5 nitrogen and oxygen atoms in total. The molecule has 112 valence electrons. The molecule has 1 aliphatic heterocycles. The predicted octanol–water partition coefficient (Wildman–Crippen LogP) is 3.32. The molecule has 0 fully saturated rings. The van der Waals surface area contributed by atoms with Crippen molar-refractivity contribution in [2.45, 2.75) is 0 Å². The molecule has 0 unspecified atom stereocenters. The summed E-state index contributed by atoms with van der Waals surface area (Å²) in [7, 11) is 3.08. The molecule has 0 saturated heterocycles. The first-order valence-corrected chi connectivity index (χ1v) is 7.52. The molecule has 1 aromatic carbocycles. The Morgan fingerprint density at radius 2 is 1.86 bits per heavy atom. The summed E-state index contributed by atoms with van der Waals surface area (Å²) in [6.45, 7) is 0. The van der Waals surface area contributed by atoms with Gasteiger partial charge in [-0.05, 0) is 46.4 Å². The molecule has 0 amide bonds. The number of ketones is 1. The van der Waals surface area contributed by atoms with E-state index in [4.69, 9.17) is 14.2 Å². The van der Waals surface area contributed by atoms with Crippen molar-refractivity contribution in [3.8, 4) is 17.2 Å². The number of allylic oxidation sites excluding steroid dienone is 1. The molecule has 0 aliphatic carbocycles. The second-order valence-corrected chi connectivity index (χ2v) is 5.60. The molecule has 0 spiro atoms. The molecule has 0 N–H and O–H groups in total. The fourth-order valence-electron chi connectivity index (χ4n) is 2.19. The number of nitrogens with zero attached hydrogens (tertiary/aromatic N) is 1.